The highest BCUT2D eigenvalue weighted by Crippen LogP contribution is 2.65. The number of rotatable bonds is 12. The minimum Gasteiger partial charge on any atom is -0.365 e. The van der Waals surface area contributed by atoms with Crippen molar-refractivity contribution in [1.82, 2.24) is 15.5 Å². The van der Waals surface area contributed by atoms with Gasteiger partial charge in [-0.05, 0) is 105 Å². The maximum Gasteiger partial charge on any atom is 0.220 e. The number of fused-ring (bicyclic) bond motifs is 6. The van der Waals surface area contributed by atoms with E-state index >= 15 is 0 Å². The Morgan fingerprint density at radius 3 is 2.61 bits per heavy atom. The van der Waals surface area contributed by atoms with Gasteiger partial charge in [0.1, 0.15) is 5.78 Å². The van der Waals surface area contributed by atoms with Crippen molar-refractivity contribution in [3.05, 3.63) is 58.7 Å². The lowest BCUT2D eigenvalue weighted by molar-refractivity contribution is -0.122. The Kier molecular flexibility index (Phi) is 11.0. The summed E-state index contributed by atoms with van der Waals surface area (Å²) in [6.45, 7) is 13.0. The molecule has 0 aromatic heterocycles. The molecule has 1 aromatic carbocycles. The van der Waals surface area contributed by atoms with Crippen LogP contribution in [0, 0.1) is 35.0 Å². The molecule has 1 spiro atoms. The van der Waals surface area contributed by atoms with E-state index in [1.165, 1.54) is 24.0 Å². The second-order valence-electron chi connectivity index (χ2n) is 17.5. The van der Waals surface area contributed by atoms with Crippen molar-refractivity contribution in [2.75, 3.05) is 26.2 Å². The number of hydrogen-bond acceptors (Lipinski definition) is 5. The first-order valence-corrected chi connectivity index (χ1v) is 20.5. The van der Waals surface area contributed by atoms with E-state index in [2.05, 4.69) is 61.4 Å². The van der Waals surface area contributed by atoms with Crippen LogP contribution in [0.15, 0.2) is 53.1 Å². The monoisotopic (exact) mass is 697 g/mol. The summed E-state index contributed by atoms with van der Waals surface area (Å²) in [5.74, 6) is 3.68. The largest absolute Gasteiger partial charge is 0.365 e. The molecule has 4 fully saturated rings. The van der Waals surface area contributed by atoms with Crippen molar-refractivity contribution >= 4 is 17.6 Å². The summed E-state index contributed by atoms with van der Waals surface area (Å²) in [6, 6.07) is 10.5. The van der Waals surface area contributed by atoms with Gasteiger partial charge in [-0.2, -0.15) is 0 Å². The van der Waals surface area contributed by atoms with Crippen LogP contribution in [0.4, 0.5) is 0 Å². The summed E-state index contributed by atoms with van der Waals surface area (Å²) < 4.78 is 7.32. The Hall–Kier alpha value is -2.77. The topological polar surface area (TPSA) is 87.7 Å². The van der Waals surface area contributed by atoms with Crippen LogP contribution in [0.3, 0.4) is 0 Å². The molecular weight excluding hydrogens is 635 g/mol. The number of piperidine rings is 1. The van der Waals surface area contributed by atoms with Gasteiger partial charge in [-0.25, -0.2) is 0 Å². The molecule has 1 aromatic rings. The van der Waals surface area contributed by atoms with Gasteiger partial charge < -0.3 is 15.4 Å². The zero-order chi connectivity index (χ0) is 35.8. The number of unbranched alkanes of at least 4 members (excludes halogenated alkanes) is 2. The van der Waals surface area contributed by atoms with Crippen LogP contribution in [0.5, 0.6) is 0 Å². The summed E-state index contributed by atoms with van der Waals surface area (Å²) in [7, 11) is 0. The van der Waals surface area contributed by atoms with E-state index in [0.717, 1.165) is 70.9 Å². The molecule has 2 heterocycles. The minimum atomic E-state index is -0.179. The molecule has 4 aliphatic carbocycles. The number of likely N-dealkylation sites (tertiary alicyclic amines) is 1. The van der Waals surface area contributed by atoms with E-state index in [1.807, 2.05) is 18.2 Å². The van der Waals surface area contributed by atoms with Crippen molar-refractivity contribution in [2.45, 2.75) is 135 Å². The minimum absolute atomic E-state index is 0.0962. The highest BCUT2D eigenvalue weighted by molar-refractivity contribution is 5.82. The van der Waals surface area contributed by atoms with Gasteiger partial charge in [0.25, 0.3) is 0 Å². The van der Waals surface area contributed by atoms with Crippen LogP contribution in [-0.2, 0) is 25.5 Å². The number of aryl methyl sites for hydroxylation is 1. The molecule has 2 N–H and O–H groups in total. The van der Waals surface area contributed by atoms with E-state index in [1.54, 1.807) is 11.1 Å². The average Bonchev–Trinajstić information content (AvgIpc) is 3.64. The number of benzene rings is 1. The highest BCUT2D eigenvalue weighted by Gasteiger charge is 2.61. The fraction of sp³-hybridized carbons (Fsp3) is 0.705. The molecule has 2 amide bonds. The number of carbonyl (C=O) groups is 3. The maximum atomic E-state index is 12.8. The lowest BCUT2D eigenvalue weighted by Gasteiger charge is -2.47. The van der Waals surface area contributed by atoms with Gasteiger partial charge in [0, 0.05) is 63.8 Å². The highest BCUT2D eigenvalue weighted by atomic mass is 16.5. The van der Waals surface area contributed by atoms with Gasteiger partial charge in [-0.3, -0.25) is 19.3 Å². The standard InChI is InChI=1S/C44H63N3O4/c1-29-25-39-42(47(28-29)24-23-46-40(49)13-9-6-10-22-45-41(50)17-14-32-11-7-5-8-12-32)31(3)44(51-39)21-19-35-36-16-15-33-26-34(48)18-20-43(33,4)38(36)27-37(35)30(44)2/h5,7-8,11-12,15,29,31,35-36,38-39,42H,6,9-10,13-14,16-28H2,1-4H3,(H,45,50)(H,46,49)/t29-,31-,35+,36-,38-,39-,42-,43+,44+/m1/s1. The Balaban J connectivity index is 0.881. The molecular formula is C44H63N3O4. The SMILES string of the molecule is CC1=C2C[C@@H]3[C@H](CC=C4CC(=O)CC[C@@]43C)[C@@H]2CC[C@]12O[C@@H]1C[C@@H](C)CN(CCNC(=O)CCCCCNC(=O)CCc3ccccc3)[C@@H]1[C@H]2C. The van der Waals surface area contributed by atoms with Crippen molar-refractivity contribution in [3.63, 3.8) is 0 Å². The lowest BCUT2D eigenvalue weighted by atomic mass is 9.57. The summed E-state index contributed by atoms with van der Waals surface area (Å²) in [6.07, 6.45) is 15.4. The molecule has 51 heavy (non-hydrogen) atoms. The fourth-order valence-corrected chi connectivity index (χ4v) is 11.8. The number of hydrogen-bond donors (Lipinski definition) is 2. The van der Waals surface area contributed by atoms with E-state index < -0.39 is 0 Å². The molecule has 0 radical (unpaired) electrons. The molecule has 0 unspecified atom stereocenters. The first kappa shape index (κ1) is 36.6. The van der Waals surface area contributed by atoms with Crippen LogP contribution in [0.25, 0.3) is 0 Å². The first-order chi connectivity index (χ1) is 24.6. The molecule has 9 atom stereocenters. The number of ketones is 1. The zero-order valence-electron chi connectivity index (χ0n) is 31.8. The second kappa shape index (κ2) is 15.3. The predicted molar refractivity (Wildman–Crippen MR) is 202 cm³/mol. The number of allylic oxidation sites excluding steroid dienone is 3. The van der Waals surface area contributed by atoms with E-state index in [-0.39, 0.29) is 28.9 Å². The predicted octanol–water partition coefficient (Wildman–Crippen LogP) is 7.35. The number of amides is 2. The van der Waals surface area contributed by atoms with E-state index in [0.29, 0.717) is 73.8 Å². The van der Waals surface area contributed by atoms with Gasteiger partial charge in [-0.1, -0.05) is 74.7 Å². The summed E-state index contributed by atoms with van der Waals surface area (Å²) in [4.78, 5) is 40.0. The molecule has 7 nitrogen and oxygen atoms in total. The summed E-state index contributed by atoms with van der Waals surface area (Å²) in [5, 5.41) is 6.25. The number of carbonyl (C=O) groups excluding carboxylic acids is 3. The Labute approximate surface area is 306 Å². The van der Waals surface area contributed by atoms with Crippen molar-refractivity contribution in [1.29, 1.82) is 0 Å². The van der Waals surface area contributed by atoms with Gasteiger partial charge in [0.05, 0.1) is 11.7 Å². The average molecular weight is 698 g/mol. The van der Waals surface area contributed by atoms with Crippen LogP contribution in [0.2, 0.25) is 0 Å². The van der Waals surface area contributed by atoms with Gasteiger partial charge in [-0.15, -0.1) is 0 Å². The molecule has 2 saturated heterocycles. The maximum absolute atomic E-state index is 12.8. The quantitative estimate of drug-likeness (QED) is 0.176. The Bertz CT molecular complexity index is 1520. The van der Waals surface area contributed by atoms with Gasteiger partial charge in [0.15, 0.2) is 0 Å². The van der Waals surface area contributed by atoms with Crippen molar-refractivity contribution < 1.29 is 19.1 Å². The molecule has 2 aliphatic heterocycles. The normalized spacial score (nSPS) is 35.9. The Morgan fingerprint density at radius 2 is 1.78 bits per heavy atom. The molecule has 7 rings (SSSR count). The number of nitrogens with one attached hydrogen (secondary N) is 2. The zero-order valence-corrected chi connectivity index (χ0v) is 31.8. The van der Waals surface area contributed by atoms with E-state index in [4.69, 9.17) is 4.74 Å². The molecule has 0 bridgehead atoms. The van der Waals surface area contributed by atoms with Crippen LogP contribution >= 0.6 is 0 Å². The van der Waals surface area contributed by atoms with Gasteiger partial charge >= 0.3 is 0 Å². The first-order valence-electron chi connectivity index (χ1n) is 20.5. The van der Waals surface area contributed by atoms with Crippen molar-refractivity contribution in [3.8, 4) is 0 Å². The Morgan fingerprint density at radius 1 is 1.00 bits per heavy atom. The molecule has 278 valence electrons. The van der Waals surface area contributed by atoms with Crippen LogP contribution in [0.1, 0.15) is 117 Å². The third-order valence-corrected chi connectivity index (χ3v) is 14.6. The van der Waals surface area contributed by atoms with E-state index in [9.17, 15) is 14.4 Å². The third-order valence-electron chi connectivity index (χ3n) is 14.6. The lowest BCUT2D eigenvalue weighted by Crippen LogP contribution is -2.54. The fourth-order valence-electron chi connectivity index (χ4n) is 11.8. The van der Waals surface area contributed by atoms with Gasteiger partial charge in [0.2, 0.25) is 11.8 Å². The number of Topliss-reactive ketones (excluding diaryl/α,β-unsaturated/α-hetero) is 1. The number of nitrogens with zero attached hydrogens (tertiary/aromatic N) is 1. The van der Waals surface area contributed by atoms with Crippen LogP contribution in [-0.4, -0.2) is 66.4 Å². The molecule has 6 aliphatic rings. The number of ether oxygens (including phenoxy) is 1. The summed E-state index contributed by atoms with van der Waals surface area (Å²) >= 11 is 0. The summed E-state index contributed by atoms with van der Waals surface area (Å²) in [5.41, 5.74) is 5.87. The molecule has 7 heteroatoms. The second-order valence-corrected chi connectivity index (χ2v) is 17.5. The third kappa shape index (κ3) is 7.28. The molecule has 2 saturated carbocycles. The van der Waals surface area contributed by atoms with Crippen molar-refractivity contribution in [2.24, 2.45) is 35.0 Å². The van der Waals surface area contributed by atoms with Crippen LogP contribution < -0.4 is 10.6 Å². The smallest absolute Gasteiger partial charge is 0.220 e.